The number of nitrogens with one attached hydrogen (secondary N) is 1. The molecule has 2 rings (SSSR count). The van der Waals surface area contributed by atoms with Crippen LogP contribution in [0.15, 0.2) is 46.9 Å². The first-order valence-corrected chi connectivity index (χ1v) is 7.26. The molecule has 2 aromatic rings. The van der Waals surface area contributed by atoms with E-state index >= 15 is 0 Å². The Morgan fingerprint density at radius 3 is 2.20 bits per heavy atom. The van der Waals surface area contributed by atoms with E-state index in [1.54, 1.807) is 6.07 Å². The number of rotatable bonds is 2. The van der Waals surface area contributed by atoms with Crippen molar-refractivity contribution in [2.45, 2.75) is 26.2 Å². The number of hydrogen-bond acceptors (Lipinski definition) is 2. The molecule has 2 nitrogen and oxygen atoms in total. The molecule has 1 N–H and O–H groups in total. The van der Waals surface area contributed by atoms with Crippen molar-refractivity contribution in [1.29, 1.82) is 5.26 Å². The average molecular weight is 329 g/mol. The predicted molar refractivity (Wildman–Crippen MR) is 87.3 cm³/mol. The molecule has 0 saturated carbocycles. The van der Waals surface area contributed by atoms with Gasteiger partial charge in [0.15, 0.2) is 0 Å². The van der Waals surface area contributed by atoms with Crippen LogP contribution in [0.25, 0.3) is 0 Å². The van der Waals surface area contributed by atoms with E-state index in [9.17, 15) is 0 Å². The van der Waals surface area contributed by atoms with Gasteiger partial charge in [0.25, 0.3) is 0 Å². The lowest BCUT2D eigenvalue weighted by atomic mass is 9.87. The van der Waals surface area contributed by atoms with Crippen LogP contribution in [0, 0.1) is 11.3 Å². The molecule has 0 bridgehead atoms. The summed E-state index contributed by atoms with van der Waals surface area (Å²) in [7, 11) is 0. The molecular formula is C17H17BrN2. The van der Waals surface area contributed by atoms with E-state index in [1.165, 1.54) is 5.56 Å². The van der Waals surface area contributed by atoms with Crippen molar-refractivity contribution in [1.82, 2.24) is 0 Å². The molecule has 0 unspecified atom stereocenters. The highest BCUT2D eigenvalue weighted by Gasteiger charge is 2.12. The van der Waals surface area contributed by atoms with Crippen LogP contribution in [0.1, 0.15) is 31.9 Å². The normalized spacial score (nSPS) is 10.9. The van der Waals surface area contributed by atoms with Crippen molar-refractivity contribution in [2.24, 2.45) is 0 Å². The van der Waals surface area contributed by atoms with Gasteiger partial charge in [0.05, 0.1) is 17.3 Å². The Hall–Kier alpha value is -1.79. The molecule has 2 aromatic carbocycles. The summed E-state index contributed by atoms with van der Waals surface area (Å²) in [6.07, 6.45) is 0. The van der Waals surface area contributed by atoms with E-state index in [0.29, 0.717) is 5.56 Å². The van der Waals surface area contributed by atoms with E-state index in [0.717, 1.165) is 15.8 Å². The SMILES string of the molecule is CC(C)(C)c1ccc(Nc2ccc(C#N)cc2Br)cc1. The second kappa shape index (κ2) is 5.68. The van der Waals surface area contributed by atoms with Crippen molar-refractivity contribution in [3.8, 4) is 6.07 Å². The summed E-state index contributed by atoms with van der Waals surface area (Å²) in [5.41, 5.74) is 4.09. The summed E-state index contributed by atoms with van der Waals surface area (Å²) in [4.78, 5) is 0. The highest BCUT2D eigenvalue weighted by molar-refractivity contribution is 9.10. The third-order valence-corrected chi connectivity index (χ3v) is 3.78. The van der Waals surface area contributed by atoms with Crippen LogP contribution in [0.3, 0.4) is 0 Å². The van der Waals surface area contributed by atoms with Crippen LogP contribution in [-0.2, 0) is 5.41 Å². The van der Waals surface area contributed by atoms with Crippen LogP contribution in [0.4, 0.5) is 11.4 Å². The summed E-state index contributed by atoms with van der Waals surface area (Å²) < 4.78 is 0.886. The molecule has 0 radical (unpaired) electrons. The van der Waals surface area contributed by atoms with E-state index in [4.69, 9.17) is 5.26 Å². The minimum Gasteiger partial charge on any atom is -0.355 e. The monoisotopic (exact) mass is 328 g/mol. The number of nitriles is 1. The topological polar surface area (TPSA) is 35.8 Å². The third kappa shape index (κ3) is 3.40. The Morgan fingerprint density at radius 2 is 1.70 bits per heavy atom. The van der Waals surface area contributed by atoms with Gasteiger partial charge in [-0.2, -0.15) is 5.26 Å². The standard InChI is InChI=1S/C17H17BrN2/c1-17(2,3)13-5-7-14(8-6-13)20-16-9-4-12(11-19)10-15(16)18/h4-10,20H,1-3H3. The zero-order valence-corrected chi connectivity index (χ0v) is 13.5. The zero-order chi connectivity index (χ0) is 14.8. The minimum absolute atomic E-state index is 0.160. The fourth-order valence-corrected chi connectivity index (χ4v) is 2.37. The number of nitrogens with zero attached hydrogens (tertiary/aromatic N) is 1. The summed E-state index contributed by atoms with van der Waals surface area (Å²) in [5, 5.41) is 12.2. The maximum absolute atomic E-state index is 8.86. The van der Waals surface area contributed by atoms with Gasteiger partial charge < -0.3 is 5.32 Å². The van der Waals surface area contributed by atoms with Crippen LogP contribution in [0.2, 0.25) is 0 Å². The Labute approximate surface area is 128 Å². The summed E-state index contributed by atoms with van der Waals surface area (Å²) in [6.45, 7) is 6.60. The highest BCUT2D eigenvalue weighted by atomic mass is 79.9. The molecular weight excluding hydrogens is 312 g/mol. The first kappa shape index (κ1) is 14.6. The molecule has 3 heteroatoms. The molecule has 0 amide bonds. The Morgan fingerprint density at radius 1 is 1.05 bits per heavy atom. The highest BCUT2D eigenvalue weighted by Crippen LogP contribution is 2.28. The van der Waals surface area contributed by atoms with Gasteiger partial charge in [-0.05, 0) is 57.2 Å². The molecule has 0 heterocycles. The Balaban J connectivity index is 2.21. The second-order valence-electron chi connectivity index (χ2n) is 5.76. The maximum Gasteiger partial charge on any atom is 0.0992 e. The minimum atomic E-state index is 0.160. The quantitative estimate of drug-likeness (QED) is 0.805. The number of halogens is 1. The van der Waals surface area contributed by atoms with Crippen LogP contribution < -0.4 is 5.32 Å². The van der Waals surface area contributed by atoms with Gasteiger partial charge in [0, 0.05) is 10.2 Å². The predicted octanol–water partition coefficient (Wildman–Crippen LogP) is 5.36. The van der Waals surface area contributed by atoms with Gasteiger partial charge in [-0.25, -0.2) is 0 Å². The molecule has 0 saturated heterocycles. The van der Waals surface area contributed by atoms with Crippen molar-refractivity contribution in [3.05, 3.63) is 58.1 Å². The summed E-state index contributed by atoms with van der Waals surface area (Å²) in [5.74, 6) is 0. The Bertz CT molecular complexity index is 646. The average Bonchev–Trinajstić information content (AvgIpc) is 2.40. The van der Waals surface area contributed by atoms with Crippen molar-refractivity contribution >= 4 is 27.3 Å². The lowest BCUT2D eigenvalue weighted by Crippen LogP contribution is -2.10. The van der Waals surface area contributed by atoms with E-state index in [2.05, 4.69) is 72.4 Å². The third-order valence-electron chi connectivity index (χ3n) is 3.13. The Kier molecular flexibility index (Phi) is 4.15. The molecule has 0 fully saturated rings. The molecule has 20 heavy (non-hydrogen) atoms. The van der Waals surface area contributed by atoms with Crippen molar-refractivity contribution < 1.29 is 0 Å². The second-order valence-corrected chi connectivity index (χ2v) is 6.61. The van der Waals surface area contributed by atoms with Crippen molar-refractivity contribution in [2.75, 3.05) is 5.32 Å². The fraction of sp³-hybridized carbons (Fsp3) is 0.235. The van der Waals surface area contributed by atoms with E-state index < -0.39 is 0 Å². The number of hydrogen-bond donors (Lipinski definition) is 1. The van der Waals surface area contributed by atoms with Gasteiger partial charge in [-0.1, -0.05) is 32.9 Å². The molecule has 0 aliphatic carbocycles. The number of benzene rings is 2. The lowest BCUT2D eigenvalue weighted by Gasteiger charge is -2.19. The summed E-state index contributed by atoms with van der Waals surface area (Å²) >= 11 is 3.48. The zero-order valence-electron chi connectivity index (χ0n) is 11.9. The van der Waals surface area contributed by atoms with E-state index in [1.807, 2.05) is 12.1 Å². The van der Waals surface area contributed by atoms with Crippen LogP contribution in [-0.4, -0.2) is 0 Å². The summed E-state index contributed by atoms with van der Waals surface area (Å²) in [6, 6.07) is 16.1. The van der Waals surface area contributed by atoms with Gasteiger partial charge in [0.1, 0.15) is 0 Å². The molecule has 0 aromatic heterocycles. The fourth-order valence-electron chi connectivity index (χ4n) is 1.90. The molecule has 102 valence electrons. The van der Waals surface area contributed by atoms with Gasteiger partial charge in [0.2, 0.25) is 0 Å². The maximum atomic E-state index is 8.86. The lowest BCUT2D eigenvalue weighted by molar-refractivity contribution is 0.590. The first-order chi connectivity index (χ1) is 9.40. The van der Waals surface area contributed by atoms with Gasteiger partial charge >= 0.3 is 0 Å². The van der Waals surface area contributed by atoms with Crippen LogP contribution in [0.5, 0.6) is 0 Å². The largest absolute Gasteiger partial charge is 0.355 e. The molecule has 0 aliphatic heterocycles. The molecule has 0 aliphatic rings. The van der Waals surface area contributed by atoms with Crippen LogP contribution >= 0.6 is 15.9 Å². The first-order valence-electron chi connectivity index (χ1n) is 6.47. The van der Waals surface area contributed by atoms with Crippen molar-refractivity contribution in [3.63, 3.8) is 0 Å². The van der Waals surface area contributed by atoms with E-state index in [-0.39, 0.29) is 5.41 Å². The van der Waals surface area contributed by atoms with Gasteiger partial charge in [-0.3, -0.25) is 0 Å². The number of anilines is 2. The smallest absolute Gasteiger partial charge is 0.0992 e. The molecule has 0 spiro atoms. The van der Waals surface area contributed by atoms with Gasteiger partial charge in [-0.15, -0.1) is 0 Å². The molecule has 0 atom stereocenters.